The third-order valence-corrected chi connectivity index (χ3v) is 2.80. The number of halogens is 2. The second-order valence-electron chi connectivity index (χ2n) is 3.67. The second kappa shape index (κ2) is 8.40. The van der Waals surface area contributed by atoms with E-state index in [1.54, 1.807) is 13.1 Å². The van der Waals surface area contributed by atoms with E-state index >= 15 is 0 Å². The highest BCUT2D eigenvalue weighted by Crippen LogP contribution is 2.30. The summed E-state index contributed by atoms with van der Waals surface area (Å²) in [4.78, 5) is 4.17. The van der Waals surface area contributed by atoms with E-state index in [2.05, 4.69) is 17.2 Å². The summed E-state index contributed by atoms with van der Waals surface area (Å²) in [6.07, 6.45) is 2.18. The third-order valence-electron chi connectivity index (χ3n) is 2.24. The van der Waals surface area contributed by atoms with Gasteiger partial charge in [-0.3, -0.25) is 0 Å². The first kappa shape index (κ1) is 15.3. The Bertz CT molecular complexity index is 375. The molecule has 0 saturated carbocycles. The molecule has 0 aromatic carbocycles. The lowest BCUT2D eigenvalue weighted by Gasteiger charge is -2.10. The molecule has 0 unspecified atom stereocenters. The highest BCUT2D eigenvalue weighted by molar-refractivity contribution is 6.36. The Morgan fingerprint density at radius 3 is 2.67 bits per heavy atom. The molecule has 6 heteroatoms. The number of hydrogen-bond donors (Lipinski definition) is 1. The maximum absolute atomic E-state index is 5.98. The zero-order valence-electron chi connectivity index (χ0n) is 10.6. The van der Waals surface area contributed by atoms with Crippen LogP contribution in [-0.2, 0) is 4.74 Å². The summed E-state index contributed by atoms with van der Waals surface area (Å²) in [6, 6.07) is 1.61. The third kappa shape index (κ3) is 4.88. The summed E-state index contributed by atoms with van der Waals surface area (Å²) in [5, 5.41) is 3.73. The lowest BCUT2D eigenvalue weighted by molar-refractivity contribution is 0.0966. The Morgan fingerprint density at radius 1 is 1.22 bits per heavy atom. The van der Waals surface area contributed by atoms with Gasteiger partial charge in [0.1, 0.15) is 17.4 Å². The van der Waals surface area contributed by atoms with Gasteiger partial charge < -0.3 is 14.8 Å². The van der Waals surface area contributed by atoms with Crippen molar-refractivity contribution in [2.75, 3.05) is 32.2 Å². The van der Waals surface area contributed by atoms with E-state index < -0.39 is 0 Å². The Balaban J connectivity index is 2.42. The number of nitrogens with one attached hydrogen (secondary N) is 1. The highest BCUT2D eigenvalue weighted by atomic mass is 35.5. The van der Waals surface area contributed by atoms with Crippen LogP contribution in [0.5, 0.6) is 5.88 Å². The first-order valence-electron chi connectivity index (χ1n) is 5.93. The molecule has 1 heterocycles. The summed E-state index contributed by atoms with van der Waals surface area (Å²) in [7, 11) is 1.74. The Labute approximate surface area is 118 Å². The van der Waals surface area contributed by atoms with Gasteiger partial charge in [0, 0.05) is 13.7 Å². The van der Waals surface area contributed by atoms with Gasteiger partial charge in [-0.15, -0.1) is 0 Å². The van der Waals surface area contributed by atoms with Crippen molar-refractivity contribution in [2.45, 2.75) is 19.8 Å². The number of unbranched alkanes of at least 4 members (excludes halogenated alkanes) is 1. The van der Waals surface area contributed by atoms with E-state index in [1.807, 2.05) is 0 Å². The molecular weight excluding hydrogens is 275 g/mol. The van der Waals surface area contributed by atoms with Crippen LogP contribution in [0.15, 0.2) is 6.07 Å². The van der Waals surface area contributed by atoms with Crippen LogP contribution in [0.4, 0.5) is 5.82 Å². The minimum Gasteiger partial charge on any atom is -0.474 e. The van der Waals surface area contributed by atoms with Crippen molar-refractivity contribution in [1.82, 2.24) is 4.98 Å². The predicted octanol–water partition coefficient (Wildman–Crippen LogP) is 3.63. The summed E-state index contributed by atoms with van der Waals surface area (Å²) in [6.45, 7) is 3.82. The molecule has 0 radical (unpaired) electrons. The number of nitrogens with zero attached hydrogens (tertiary/aromatic N) is 1. The van der Waals surface area contributed by atoms with Crippen molar-refractivity contribution in [3.8, 4) is 5.88 Å². The standard InChI is InChI=1S/C12H18Cl2N2O2/c1-3-4-5-17-6-7-18-12-10(14)8-9(13)11(15-2)16-12/h8H,3-7H2,1-2H3,(H,15,16). The van der Waals surface area contributed by atoms with Gasteiger partial charge in [-0.2, -0.15) is 4.98 Å². The predicted molar refractivity (Wildman–Crippen MR) is 75.0 cm³/mol. The van der Waals surface area contributed by atoms with E-state index in [0.717, 1.165) is 19.4 Å². The topological polar surface area (TPSA) is 43.4 Å². The molecule has 0 bridgehead atoms. The van der Waals surface area contributed by atoms with Crippen LogP contribution in [0.25, 0.3) is 0 Å². The number of aromatic nitrogens is 1. The molecule has 0 amide bonds. The van der Waals surface area contributed by atoms with Crippen LogP contribution in [0.3, 0.4) is 0 Å². The lowest BCUT2D eigenvalue weighted by atomic mass is 10.4. The number of hydrogen-bond acceptors (Lipinski definition) is 4. The van der Waals surface area contributed by atoms with Crippen molar-refractivity contribution in [3.05, 3.63) is 16.1 Å². The zero-order valence-corrected chi connectivity index (χ0v) is 12.1. The van der Waals surface area contributed by atoms with Gasteiger partial charge in [-0.05, 0) is 12.5 Å². The van der Waals surface area contributed by atoms with Crippen molar-refractivity contribution >= 4 is 29.0 Å². The van der Waals surface area contributed by atoms with Crippen LogP contribution in [0.2, 0.25) is 10.0 Å². The molecule has 4 nitrogen and oxygen atoms in total. The van der Waals surface area contributed by atoms with Crippen LogP contribution in [-0.4, -0.2) is 31.9 Å². The van der Waals surface area contributed by atoms with Crippen LogP contribution >= 0.6 is 23.2 Å². The summed E-state index contributed by atoms with van der Waals surface area (Å²) >= 11 is 11.9. The van der Waals surface area contributed by atoms with E-state index in [9.17, 15) is 0 Å². The lowest BCUT2D eigenvalue weighted by Crippen LogP contribution is -2.09. The average molecular weight is 293 g/mol. The normalized spacial score (nSPS) is 10.4. The summed E-state index contributed by atoms with van der Waals surface area (Å²) < 4.78 is 10.8. The zero-order chi connectivity index (χ0) is 13.4. The fraction of sp³-hybridized carbons (Fsp3) is 0.583. The van der Waals surface area contributed by atoms with E-state index in [-0.39, 0.29) is 0 Å². The molecule has 0 aliphatic carbocycles. The van der Waals surface area contributed by atoms with Gasteiger partial charge in [0.05, 0.1) is 11.6 Å². The molecule has 0 atom stereocenters. The molecule has 102 valence electrons. The maximum atomic E-state index is 5.98. The number of ether oxygens (including phenoxy) is 2. The fourth-order valence-electron chi connectivity index (χ4n) is 1.27. The molecule has 1 N–H and O–H groups in total. The van der Waals surface area contributed by atoms with Crippen molar-refractivity contribution < 1.29 is 9.47 Å². The number of rotatable bonds is 8. The van der Waals surface area contributed by atoms with Gasteiger partial charge in [-0.25, -0.2) is 0 Å². The van der Waals surface area contributed by atoms with E-state index in [0.29, 0.717) is 35.0 Å². The van der Waals surface area contributed by atoms with Crippen molar-refractivity contribution in [3.63, 3.8) is 0 Å². The Morgan fingerprint density at radius 2 is 2.00 bits per heavy atom. The van der Waals surface area contributed by atoms with E-state index in [4.69, 9.17) is 32.7 Å². The molecule has 1 aromatic heterocycles. The first-order chi connectivity index (χ1) is 8.69. The molecule has 0 aliphatic heterocycles. The van der Waals surface area contributed by atoms with Crippen LogP contribution in [0.1, 0.15) is 19.8 Å². The Hall–Kier alpha value is -0.710. The summed E-state index contributed by atoms with van der Waals surface area (Å²) in [5.41, 5.74) is 0. The minimum atomic E-state index is 0.365. The smallest absolute Gasteiger partial charge is 0.234 e. The molecule has 0 spiro atoms. The van der Waals surface area contributed by atoms with Crippen LogP contribution < -0.4 is 10.1 Å². The monoisotopic (exact) mass is 292 g/mol. The number of pyridine rings is 1. The molecule has 18 heavy (non-hydrogen) atoms. The summed E-state index contributed by atoms with van der Waals surface area (Å²) in [5.74, 6) is 0.910. The quantitative estimate of drug-likeness (QED) is 0.743. The Kier molecular flexibility index (Phi) is 7.16. The van der Waals surface area contributed by atoms with E-state index in [1.165, 1.54) is 0 Å². The molecule has 1 aromatic rings. The highest BCUT2D eigenvalue weighted by Gasteiger charge is 2.09. The molecule has 0 aliphatic rings. The first-order valence-corrected chi connectivity index (χ1v) is 6.69. The van der Waals surface area contributed by atoms with Gasteiger partial charge in [-0.1, -0.05) is 36.5 Å². The average Bonchev–Trinajstić information content (AvgIpc) is 2.36. The molecule has 1 rings (SSSR count). The van der Waals surface area contributed by atoms with Gasteiger partial charge in [0.25, 0.3) is 0 Å². The van der Waals surface area contributed by atoms with Crippen molar-refractivity contribution in [1.29, 1.82) is 0 Å². The molecule has 0 fully saturated rings. The van der Waals surface area contributed by atoms with Gasteiger partial charge >= 0.3 is 0 Å². The molecular formula is C12H18Cl2N2O2. The SMILES string of the molecule is CCCCOCCOc1nc(NC)c(Cl)cc1Cl. The largest absolute Gasteiger partial charge is 0.474 e. The number of anilines is 1. The fourth-order valence-corrected chi connectivity index (χ4v) is 1.78. The van der Waals surface area contributed by atoms with Gasteiger partial charge in [0.2, 0.25) is 5.88 Å². The van der Waals surface area contributed by atoms with Crippen molar-refractivity contribution in [2.24, 2.45) is 0 Å². The second-order valence-corrected chi connectivity index (χ2v) is 4.48. The molecule has 0 saturated heterocycles. The minimum absolute atomic E-state index is 0.365. The maximum Gasteiger partial charge on any atom is 0.234 e. The van der Waals surface area contributed by atoms with Crippen LogP contribution in [0, 0.1) is 0 Å². The van der Waals surface area contributed by atoms with Gasteiger partial charge in [0.15, 0.2) is 0 Å².